The first-order valence-corrected chi connectivity index (χ1v) is 8.96. The highest BCUT2D eigenvalue weighted by Crippen LogP contribution is 2.34. The van der Waals surface area contributed by atoms with E-state index in [1.807, 2.05) is 60.1 Å². The summed E-state index contributed by atoms with van der Waals surface area (Å²) in [5, 5.41) is 2.91. The number of rotatable bonds is 8. The van der Waals surface area contributed by atoms with E-state index in [0.29, 0.717) is 19.6 Å². The molecule has 0 radical (unpaired) electrons. The van der Waals surface area contributed by atoms with E-state index in [1.165, 1.54) is 0 Å². The molecule has 27 heavy (non-hydrogen) atoms. The van der Waals surface area contributed by atoms with Crippen molar-refractivity contribution < 1.29 is 14.3 Å². The summed E-state index contributed by atoms with van der Waals surface area (Å²) >= 11 is 0. The van der Waals surface area contributed by atoms with Crippen molar-refractivity contribution in [2.75, 3.05) is 27.4 Å². The number of methoxy groups -OCH3 is 2. The number of carbonyl (C=O) groups is 1. The van der Waals surface area contributed by atoms with Gasteiger partial charge in [0.2, 0.25) is 5.91 Å². The van der Waals surface area contributed by atoms with Gasteiger partial charge in [0, 0.05) is 44.0 Å². The highest BCUT2D eigenvalue weighted by atomic mass is 16.5. The molecule has 6 nitrogen and oxygen atoms in total. The highest BCUT2D eigenvalue weighted by Gasteiger charge is 2.24. The van der Waals surface area contributed by atoms with Crippen LogP contribution in [0.4, 0.5) is 0 Å². The summed E-state index contributed by atoms with van der Waals surface area (Å²) in [6.45, 7) is 3.01. The molecule has 0 bridgehead atoms. The van der Waals surface area contributed by atoms with Crippen molar-refractivity contribution >= 4 is 11.6 Å². The van der Waals surface area contributed by atoms with Crippen LogP contribution in [0.2, 0.25) is 0 Å². The first-order valence-electron chi connectivity index (χ1n) is 8.96. The van der Waals surface area contributed by atoms with Crippen molar-refractivity contribution in [1.29, 1.82) is 0 Å². The zero-order chi connectivity index (χ0) is 19.2. The van der Waals surface area contributed by atoms with Gasteiger partial charge in [-0.3, -0.25) is 4.79 Å². The Morgan fingerprint density at radius 1 is 1.26 bits per heavy atom. The predicted octanol–water partition coefficient (Wildman–Crippen LogP) is 2.94. The van der Waals surface area contributed by atoms with Gasteiger partial charge in [-0.2, -0.15) is 0 Å². The molecule has 2 aromatic heterocycles. The maximum atomic E-state index is 12.5. The third-order valence-corrected chi connectivity index (χ3v) is 4.59. The molecular weight excluding hydrogens is 342 g/mol. The molecule has 142 valence electrons. The van der Waals surface area contributed by atoms with E-state index in [4.69, 9.17) is 9.47 Å². The molecule has 0 saturated heterocycles. The summed E-state index contributed by atoms with van der Waals surface area (Å²) in [5.74, 6) is 0.542. The Labute approximate surface area is 159 Å². The Balaban J connectivity index is 2.00. The average molecular weight is 367 g/mol. The van der Waals surface area contributed by atoms with Crippen LogP contribution in [0.3, 0.4) is 0 Å². The van der Waals surface area contributed by atoms with Gasteiger partial charge in [-0.25, -0.2) is 4.98 Å². The second-order valence-corrected chi connectivity index (χ2v) is 6.46. The maximum Gasteiger partial charge on any atom is 0.221 e. The lowest BCUT2D eigenvalue weighted by Crippen LogP contribution is -2.28. The molecule has 0 unspecified atom stereocenters. The van der Waals surface area contributed by atoms with Crippen LogP contribution in [0.25, 0.3) is 5.65 Å². The van der Waals surface area contributed by atoms with E-state index in [1.54, 1.807) is 14.2 Å². The number of hydrogen-bond acceptors (Lipinski definition) is 4. The van der Waals surface area contributed by atoms with Crippen LogP contribution >= 0.6 is 0 Å². The molecule has 3 aromatic rings. The molecule has 0 aliphatic heterocycles. The van der Waals surface area contributed by atoms with E-state index >= 15 is 0 Å². The van der Waals surface area contributed by atoms with E-state index in [-0.39, 0.29) is 11.8 Å². The van der Waals surface area contributed by atoms with Gasteiger partial charge in [0.1, 0.15) is 11.4 Å². The Morgan fingerprint density at radius 2 is 2.07 bits per heavy atom. The number of pyridine rings is 1. The SMILES string of the molecule is COCCNC(=O)C[C@@H](c1ccccc1OC)c1cnc2cc(C)ccn12. The third-order valence-electron chi connectivity index (χ3n) is 4.59. The number of imidazole rings is 1. The number of benzene rings is 1. The lowest BCUT2D eigenvalue weighted by Gasteiger charge is -2.20. The fourth-order valence-corrected chi connectivity index (χ4v) is 3.24. The van der Waals surface area contributed by atoms with Crippen LogP contribution in [0.5, 0.6) is 5.75 Å². The van der Waals surface area contributed by atoms with Crippen LogP contribution in [-0.2, 0) is 9.53 Å². The summed E-state index contributed by atoms with van der Waals surface area (Å²) in [7, 11) is 3.26. The highest BCUT2D eigenvalue weighted by molar-refractivity contribution is 5.77. The molecule has 0 spiro atoms. The van der Waals surface area contributed by atoms with Gasteiger partial charge < -0.3 is 19.2 Å². The van der Waals surface area contributed by atoms with E-state index in [9.17, 15) is 4.79 Å². The molecule has 1 amide bonds. The van der Waals surface area contributed by atoms with Crippen LogP contribution in [0, 0.1) is 6.92 Å². The average Bonchev–Trinajstić information content (AvgIpc) is 3.09. The van der Waals surface area contributed by atoms with Crippen LogP contribution in [-0.4, -0.2) is 42.7 Å². The minimum absolute atomic E-state index is 0.0370. The largest absolute Gasteiger partial charge is 0.496 e. The van der Waals surface area contributed by atoms with Crippen molar-refractivity contribution in [3.63, 3.8) is 0 Å². The first kappa shape index (κ1) is 18.9. The zero-order valence-electron chi connectivity index (χ0n) is 15.9. The fourth-order valence-electron chi connectivity index (χ4n) is 3.24. The number of nitrogens with one attached hydrogen (secondary N) is 1. The van der Waals surface area contributed by atoms with E-state index < -0.39 is 0 Å². The number of aromatic nitrogens is 2. The molecule has 1 aromatic carbocycles. The van der Waals surface area contributed by atoms with Gasteiger partial charge >= 0.3 is 0 Å². The fraction of sp³-hybridized carbons (Fsp3) is 0.333. The van der Waals surface area contributed by atoms with E-state index in [2.05, 4.69) is 10.3 Å². The molecule has 6 heteroatoms. The molecule has 2 heterocycles. The number of para-hydroxylation sites is 1. The number of nitrogens with zero attached hydrogens (tertiary/aromatic N) is 2. The molecule has 0 saturated carbocycles. The Bertz CT molecular complexity index is 920. The molecule has 0 aliphatic rings. The second kappa shape index (κ2) is 8.68. The zero-order valence-corrected chi connectivity index (χ0v) is 15.9. The molecule has 0 aliphatic carbocycles. The smallest absolute Gasteiger partial charge is 0.221 e. The summed E-state index contributed by atoms with van der Waals surface area (Å²) in [5.41, 5.74) is 3.93. The Morgan fingerprint density at radius 3 is 2.85 bits per heavy atom. The lowest BCUT2D eigenvalue weighted by molar-refractivity contribution is -0.121. The molecule has 3 rings (SSSR count). The number of fused-ring (bicyclic) bond motifs is 1. The maximum absolute atomic E-state index is 12.5. The van der Waals surface area contributed by atoms with Gasteiger partial charge in [-0.05, 0) is 30.7 Å². The van der Waals surface area contributed by atoms with Gasteiger partial charge in [0.25, 0.3) is 0 Å². The summed E-state index contributed by atoms with van der Waals surface area (Å²) in [6, 6.07) is 11.9. The van der Waals surface area contributed by atoms with Gasteiger partial charge in [0.05, 0.1) is 19.4 Å². The van der Waals surface area contributed by atoms with Crippen molar-refractivity contribution in [2.24, 2.45) is 0 Å². The van der Waals surface area contributed by atoms with Gasteiger partial charge in [0.15, 0.2) is 0 Å². The van der Waals surface area contributed by atoms with E-state index in [0.717, 1.165) is 28.2 Å². The van der Waals surface area contributed by atoms with Crippen molar-refractivity contribution in [2.45, 2.75) is 19.3 Å². The van der Waals surface area contributed by atoms with Crippen molar-refractivity contribution in [3.8, 4) is 5.75 Å². The number of ether oxygens (including phenoxy) is 2. The Kier molecular flexibility index (Phi) is 6.08. The van der Waals surface area contributed by atoms with Crippen molar-refractivity contribution in [1.82, 2.24) is 14.7 Å². The third kappa shape index (κ3) is 4.28. The monoisotopic (exact) mass is 367 g/mol. The summed E-state index contributed by atoms with van der Waals surface area (Å²) in [4.78, 5) is 17.1. The minimum atomic E-state index is -0.179. The topological polar surface area (TPSA) is 64.9 Å². The lowest BCUT2D eigenvalue weighted by atomic mass is 9.91. The molecule has 1 N–H and O–H groups in total. The number of hydrogen-bond donors (Lipinski definition) is 1. The molecular formula is C21H25N3O3. The Hall–Kier alpha value is -2.86. The summed E-state index contributed by atoms with van der Waals surface area (Å²) in [6.07, 6.45) is 4.14. The van der Waals surface area contributed by atoms with Gasteiger partial charge in [-0.1, -0.05) is 18.2 Å². The van der Waals surface area contributed by atoms with Crippen LogP contribution < -0.4 is 10.1 Å². The molecule has 1 atom stereocenters. The normalized spacial score (nSPS) is 12.1. The predicted molar refractivity (Wildman–Crippen MR) is 104 cm³/mol. The van der Waals surface area contributed by atoms with Crippen molar-refractivity contribution in [3.05, 3.63) is 65.6 Å². The van der Waals surface area contributed by atoms with Crippen LogP contribution in [0.1, 0.15) is 29.2 Å². The first-order chi connectivity index (χ1) is 13.1. The molecule has 0 fully saturated rings. The minimum Gasteiger partial charge on any atom is -0.496 e. The standard InChI is InChI=1S/C21H25N3O3/c1-15-8-10-24-18(14-23-20(24)12-15)17(13-21(25)22-9-11-26-2)16-6-4-5-7-19(16)27-3/h4-8,10,12,14,17H,9,11,13H2,1-3H3,(H,22,25)/t17-/m0/s1. The second-order valence-electron chi connectivity index (χ2n) is 6.46. The number of aryl methyl sites for hydroxylation is 1. The van der Waals surface area contributed by atoms with Gasteiger partial charge in [-0.15, -0.1) is 0 Å². The quantitative estimate of drug-likeness (QED) is 0.622. The number of carbonyl (C=O) groups excluding carboxylic acids is 1. The summed E-state index contributed by atoms with van der Waals surface area (Å²) < 4.78 is 12.6. The van der Waals surface area contributed by atoms with Crippen LogP contribution in [0.15, 0.2) is 48.8 Å². The number of amides is 1.